The van der Waals surface area contributed by atoms with Crippen LogP contribution in [-0.2, 0) is 11.3 Å². The van der Waals surface area contributed by atoms with E-state index in [4.69, 9.17) is 21.4 Å². The van der Waals surface area contributed by atoms with Crippen LogP contribution >= 0.6 is 12.2 Å². The number of esters is 1. The summed E-state index contributed by atoms with van der Waals surface area (Å²) in [6.45, 7) is 2.57. The number of benzene rings is 1. The van der Waals surface area contributed by atoms with Crippen LogP contribution in [0.2, 0.25) is 0 Å². The molecule has 0 aliphatic rings. The number of ether oxygens (including phenoxy) is 1. The van der Waals surface area contributed by atoms with Gasteiger partial charge in [0.1, 0.15) is 5.76 Å². The minimum Gasteiger partial charge on any atom is -0.467 e. The van der Waals surface area contributed by atoms with E-state index in [9.17, 15) is 4.79 Å². The Balaban J connectivity index is 1.98. The van der Waals surface area contributed by atoms with Crippen molar-refractivity contribution in [2.45, 2.75) is 13.5 Å². The average Bonchev–Trinajstić information content (AvgIpc) is 2.99. The smallest absolute Gasteiger partial charge is 0.340 e. The zero-order valence-electron chi connectivity index (χ0n) is 11.6. The van der Waals surface area contributed by atoms with Gasteiger partial charge >= 0.3 is 5.97 Å². The maximum atomic E-state index is 11.9. The molecule has 0 atom stereocenters. The molecule has 0 amide bonds. The molecule has 0 saturated heterocycles. The molecule has 0 bridgehead atoms. The monoisotopic (exact) mass is 304 g/mol. The van der Waals surface area contributed by atoms with Crippen LogP contribution in [0.5, 0.6) is 0 Å². The highest BCUT2D eigenvalue weighted by atomic mass is 32.1. The van der Waals surface area contributed by atoms with E-state index in [0.717, 1.165) is 5.76 Å². The molecule has 110 valence electrons. The highest BCUT2D eigenvalue weighted by molar-refractivity contribution is 7.80. The van der Waals surface area contributed by atoms with Crippen molar-refractivity contribution < 1.29 is 13.9 Å². The van der Waals surface area contributed by atoms with Crippen molar-refractivity contribution in [1.29, 1.82) is 0 Å². The molecule has 1 aromatic heterocycles. The second kappa shape index (κ2) is 7.44. The van der Waals surface area contributed by atoms with Gasteiger partial charge in [-0.15, -0.1) is 0 Å². The lowest BCUT2D eigenvalue weighted by Crippen LogP contribution is -2.28. The quantitative estimate of drug-likeness (QED) is 0.654. The number of furan rings is 1. The van der Waals surface area contributed by atoms with E-state index >= 15 is 0 Å². The van der Waals surface area contributed by atoms with Crippen molar-refractivity contribution in [3.8, 4) is 0 Å². The van der Waals surface area contributed by atoms with Crippen LogP contribution < -0.4 is 10.6 Å². The van der Waals surface area contributed by atoms with E-state index in [1.54, 1.807) is 31.4 Å². The first-order valence-corrected chi connectivity index (χ1v) is 6.95. The predicted octanol–water partition coefficient (Wildman–Crippen LogP) is 2.94. The van der Waals surface area contributed by atoms with Crippen molar-refractivity contribution in [2.24, 2.45) is 0 Å². The summed E-state index contributed by atoms with van der Waals surface area (Å²) < 4.78 is 10.2. The number of carbonyl (C=O) groups is 1. The van der Waals surface area contributed by atoms with Gasteiger partial charge in [-0.05, 0) is 43.4 Å². The van der Waals surface area contributed by atoms with Gasteiger partial charge in [0.2, 0.25) is 0 Å². The Labute approximate surface area is 128 Å². The van der Waals surface area contributed by atoms with Gasteiger partial charge in [-0.2, -0.15) is 0 Å². The van der Waals surface area contributed by atoms with E-state index in [1.165, 1.54) is 0 Å². The van der Waals surface area contributed by atoms with Crippen LogP contribution in [0.1, 0.15) is 23.0 Å². The molecule has 0 saturated carbocycles. The van der Waals surface area contributed by atoms with Gasteiger partial charge in [-0.25, -0.2) is 4.79 Å². The van der Waals surface area contributed by atoms with E-state index in [0.29, 0.717) is 29.5 Å². The number of anilines is 1. The maximum Gasteiger partial charge on any atom is 0.340 e. The number of para-hydroxylation sites is 1. The average molecular weight is 304 g/mol. The second-order valence-corrected chi connectivity index (χ2v) is 4.56. The summed E-state index contributed by atoms with van der Waals surface area (Å²) in [7, 11) is 0. The van der Waals surface area contributed by atoms with Gasteiger partial charge < -0.3 is 19.8 Å². The normalized spacial score (nSPS) is 9.95. The predicted molar refractivity (Wildman–Crippen MR) is 84.2 cm³/mol. The summed E-state index contributed by atoms with van der Waals surface area (Å²) in [5.41, 5.74) is 1.05. The lowest BCUT2D eigenvalue weighted by Gasteiger charge is -2.12. The largest absolute Gasteiger partial charge is 0.467 e. The second-order valence-electron chi connectivity index (χ2n) is 4.15. The third-order valence-electron chi connectivity index (χ3n) is 2.67. The fraction of sp³-hybridized carbons (Fsp3) is 0.200. The Hall–Kier alpha value is -2.34. The van der Waals surface area contributed by atoms with E-state index in [1.807, 2.05) is 18.2 Å². The molecule has 0 unspecified atom stereocenters. The van der Waals surface area contributed by atoms with E-state index < -0.39 is 0 Å². The summed E-state index contributed by atoms with van der Waals surface area (Å²) in [5.74, 6) is 0.396. The third-order valence-corrected chi connectivity index (χ3v) is 2.92. The number of hydrogen-bond donors (Lipinski definition) is 2. The standard InChI is InChI=1S/C15H16N2O3S/c1-2-19-14(18)12-7-3-4-8-13(12)17-15(21)16-10-11-6-5-9-20-11/h3-9H,2,10H2,1H3,(H2,16,17,21). The number of hydrogen-bond acceptors (Lipinski definition) is 4. The fourth-order valence-electron chi connectivity index (χ4n) is 1.73. The molecule has 0 fully saturated rings. The molecule has 0 radical (unpaired) electrons. The molecule has 5 nitrogen and oxygen atoms in total. The molecule has 2 rings (SSSR count). The summed E-state index contributed by atoms with van der Waals surface area (Å²) in [6, 6.07) is 10.7. The first-order chi connectivity index (χ1) is 10.2. The van der Waals surface area contributed by atoms with Gasteiger partial charge in [0, 0.05) is 0 Å². The molecule has 1 aromatic carbocycles. The van der Waals surface area contributed by atoms with Crippen LogP contribution in [0, 0.1) is 0 Å². The third kappa shape index (κ3) is 4.32. The number of thiocarbonyl (C=S) groups is 1. The van der Waals surface area contributed by atoms with Crippen LogP contribution in [-0.4, -0.2) is 17.7 Å². The Morgan fingerprint density at radius 1 is 1.29 bits per heavy atom. The zero-order valence-corrected chi connectivity index (χ0v) is 12.4. The fourth-order valence-corrected chi connectivity index (χ4v) is 1.91. The van der Waals surface area contributed by atoms with Gasteiger partial charge in [0.25, 0.3) is 0 Å². The Morgan fingerprint density at radius 3 is 2.81 bits per heavy atom. The summed E-state index contributed by atoms with van der Waals surface area (Å²) in [4.78, 5) is 11.9. The van der Waals surface area contributed by atoms with Crippen molar-refractivity contribution >= 4 is 29.0 Å². The van der Waals surface area contributed by atoms with E-state index in [2.05, 4.69) is 10.6 Å². The van der Waals surface area contributed by atoms with Crippen molar-refractivity contribution in [3.05, 3.63) is 54.0 Å². The van der Waals surface area contributed by atoms with Crippen molar-refractivity contribution in [2.75, 3.05) is 11.9 Å². The van der Waals surface area contributed by atoms with Gasteiger partial charge in [-0.1, -0.05) is 12.1 Å². The van der Waals surface area contributed by atoms with Gasteiger partial charge in [-0.3, -0.25) is 0 Å². The first kappa shape index (κ1) is 15.1. The topological polar surface area (TPSA) is 63.5 Å². The van der Waals surface area contributed by atoms with Gasteiger partial charge in [0.15, 0.2) is 5.11 Å². The van der Waals surface area contributed by atoms with Crippen LogP contribution in [0.3, 0.4) is 0 Å². The lowest BCUT2D eigenvalue weighted by molar-refractivity contribution is 0.0527. The first-order valence-electron chi connectivity index (χ1n) is 6.54. The molecule has 6 heteroatoms. The summed E-state index contributed by atoms with van der Waals surface area (Å²) in [5, 5.41) is 6.40. The van der Waals surface area contributed by atoms with Crippen molar-refractivity contribution in [3.63, 3.8) is 0 Å². The molecular formula is C15H16N2O3S. The summed E-state index contributed by atoms with van der Waals surface area (Å²) in [6.07, 6.45) is 1.60. The molecule has 0 aliphatic carbocycles. The SMILES string of the molecule is CCOC(=O)c1ccccc1NC(=S)NCc1ccco1. The van der Waals surface area contributed by atoms with Crippen LogP contribution in [0.4, 0.5) is 5.69 Å². The molecule has 2 aromatic rings. The zero-order chi connectivity index (χ0) is 15.1. The molecular weight excluding hydrogens is 288 g/mol. The number of rotatable bonds is 5. The highest BCUT2D eigenvalue weighted by Crippen LogP contribution is 2.16. The molecule has 1 heterocycles. The molecule has 21 heavy (non-hydrogen) atoms. The maximum absolute atomic E-state index is 11.9. The Bertz CT molecular complexity index is 611. The number of nitrogens with one attached hydrogen (secondary N) is 2. The van der Waals surface area contributed by atoms with Crippen molar-refractivity contribution in [1.82, 2.24) is 5.32 Å². The minimum absolute atomic E-state index is 0.328. The van der Waals surface area contributed by atoms with Gasteiger partial charge in [0.05, 0.1) is 30.7 Å². The lowest BCUT2D eigenvalue weighted by atomic mass is 10.2. The van der Waals surface area contributed by atoms with E-state index in [-0.39, 0.29) is 5.97 Å². The van der Waals surface area contributed by atoms with Crippen LogP contribution in [0.25, 0.3) is 0 Å². The number of carbonyl (C=O) groups excluding carboxylic acids is 1. The Morgan fingerprint density at radius 2 is 2.10 bits per heavy atom. The highest BCUT2D eigenvalue weighted by Gasteiger charge is 2.12. The molecule has 0 spiro atoms. The molecule has 0 aliphatic heterocycles. The van der Waals surface area contributed by atoms with Crippen LogP contribution in [0.15, 0.2) is 47.1 Å². The molecule has 2 N–H and O–H groups in total. The Kier molecular flexibility index (Phi) is 5.34. The summed E-state index contributed by atoms with van der Waals surface area (Å²) >= 11 is 5.20. The minimum atomic E-state index is -0.380.